The molecule has 0 radical (unpaired) electrons. The Hall–Kier alpha value is -4.06. The first-order valence-electron chi connectivity index (χ1n) is 12.6. The number of ketones is 1. The summed E-state index contributed by atoms with van der Waals surface area (Å²) < 4.78 is 5.35. The topological polar surface area (TPSA) is 70.1 Å². The normalized spacial score (nSPS) is 16.8. The Kier molecular flexibility index (Phi) is 7.39. The summed E-state index contributed by atoms with van der Waals surface area (Å²) in [6.45, 7) is 11.7. The molecule has 1 saturated heterocycles. The summed E-state index contributed by atoms with van der Waals surface area (Å²) in [6, 6.07) is 18.0. The van der Waals surface area contributed by atoms with Gasteiger partial charge in [0.2, 0.25) is 0 Å². The molecule has 3 aromatic rings. The lowest BCUT2D eigenvalue weighted by Gasteiger charge is -2.28. The fourth-order valence-corrected chi connectivity index (χ4v) is 5.03. The van der Waals surface area contributed by atoms with Gasteiger partial charge < -0.3 is 14.7 Å². The minimum atomic E-state index is -0.770. The Morgan fingerprint density at radius 2 is 1.62 bits per heavy atom. The van der Waals surface area contributed by atoms with Crippen LogP contribution in [0.2, 0.25) is 0 Å². The van der Waals surface area contributed by atoms with Crippen LogP contribution in [0.4, 0.5) is 11.4 Å². The highest BCUT2D eigenvalue weighted by atomic mass is 16.5. The molecule has 1 unspecified atom stereocenters. The van der Waals surface area contributed by atoms with E-state index in [2.05, 4.69) is 18.7 Å². The maximum Gasteiger partial charge on any atom is 0.300 e. The summed E-state index contributed by atoms with van der Waals surface area (Å²) in [4.78, 5) is 30.8. The van der Waals surface area contributed by atoms with Crippen molar-refractivity contribution in [1.82, 2.24) is 0 Å². The van der Waals surface area contributed by atoms with E-state index in [9.17, 15) is 14.7 Å². The lowest BCUT2D eigenvalue weighted by atomic mass is 9.94. The van der Waals surface area contributed by atoms with E-state index in [1.807, 2.05) is 63.2 Å². The first-order chi connectivity index (χ1) is 17.7. The fourth-order valence-electron chi connectivity index (χ4n) is 5.03. The molecule has 6 nitrogen and oxygen atoms in total. The standard InChI is InChI=1S/C31H34N2O4/c1-7-32(8-2)24-15-12-22(13-16-24)28-27(29(34)23-14-17-26(37-6)20(4)18-23)30(35)31(36)33(28)25-11-9-10-19(3)21(25)5/h9-18,28,34H,7-8H2,1-6H3/b29-27+. The van der Waals surface area contributed by atoms with Gasteiger partial charge >= 0.3 is 0 Å². The minimum Gasteiger partial charge on any atom is -0.507 e. The molecule has 1 atom stereocenters. The van der Waals surface area contributed by atoms with Gasteiger partial charge in [-0.2, -0.15) is 0 Å². The minimum absolute atomic E-state index is 0.0751. The molecule has 1 heterocycles. The van der Waals surface area contributed by atoms with Crippen LogP contribution < -0.4 is 14.5 Å². The van der Waals surface area contributed by atoms with Crippen molar-refractivity contribution < 1.29 is 19.4 Å². The number of anilines is 2. The van der Waals surface area contributed by atoms with Crippen LogP contribution in [0, 0.1) is 20.8 Å². The van der Waals surface area contributed by atoms with E-state index in [-0.39, 0.29) is 11.3 Å². The Morgan fingerprint density at radius 3 is 2.22 bits per heavy atom. The van der Waals surface area contributed by atoms with Crippen LogP contribution in [0.15, 0.2) is 66.2 Å². The van der Waals surface area contributed by atoms with Crippen molar-refractivity contribution in [3.05, 3.63) is 94.1 Å². The summed E-state index contributed by atoms with van der Waals surface area (Å²) in [5.41, 5.74) is 5.75. The van der Waals surface area contributed by atoms with Crippen molar-refractivity contribution in [1.29, 1.82) is 0 Å². The molecular weight excluding hydrogens is 464 g/mol. The van der Waals surface area contributed by atoms with Gasteiger partial charge in [0.1, 0.15) is 11.5 Å². The number of nitrogens with zero attached hydrogens (tertiary/aromatic N) is 2. The van der Waals surface area contributed by atoms with Crippen molar-refractivity contribution in [3.8, 4) is 5.75 Å². The number of Topliss-reactive ketones (excluding diaryl/α,β-unsaturated/α-hetero) is 1. The van der Waals surface area contributed by atoms with Crippen molar-refractivity contribution in [3.63, 3.8) is 0 Å². The molecule has 1 N–H and O–H groups in total. The number of amides is 1. The summed E-state index contributed by atoms with van der Waals surface area (Å²) >= 11 is 0. The zero-order valence-electron chi connectivity index (χ0n) is 22.3. The van der Waals surface area contributed by atoms with E-state index in [1.54, 1.807) is 25.3 Å². The zero-order chi connectivity index (χ0) is 26.9. The number of aliphatic hydroxyl groups excluding tert-OH is 1. The molecular formula is C31H34N2O4. The number of aliphatic hydroxyl groups is 1. The predicted octanol–water partition coefficient (Wildman–Crippen LogP) is 6.09. The average Bonchev–Trinajstić information content (AvgIpc) is 3.16. The smallest absolute Gasteiger partial charge is 0.300 e. The third-order valence-electron chi connectivity index (χ3n) is 7.29. The lowest BCUT2D eigenvalue weighted by molar-refractivity contribution is -0.132. The predicted molar refractivity (Wildman–Crippen MR) is 148 cm³/mol. The molecule has 3 aromatic carbocycles. The van der Waals surface area contributed by atoms with E-state index in [0.29, 0.717) is 17.0 Å². The molecule has 1 aliphatic rings. The largest absolute Gasteiger partial charge is 0.507 e. The van der Waals surface area contributed by atoms with Crippen LogP contribution in [-0.2, 0) is 9.59 Å². The van der Waals surface area contributed by atoms with Crippen LogP contribution in [0.25, 0.3) is 5.76 Å². The van der Waals surface area contributed by atoms with Crippen molar-refractivity contribution in [2.45, 2.75) is 40.7 Å². The van der Waals surface area contributed by atoms with Crippen molar-refractivity contribution in [2.75, 3.05) is 30.0 Å². The van der Waals surface area contributed by atoms with E-state index in [4.69, 9.17) is 4.74 Å². The monoisotopic (exact) mass is 498 g/mol. The quantitative estimate of drug-likeness (QED) is 0.242. The van der Waals surface area contributed by atoms with Crippen molar-refractivity contribution in [2.24, 2.45) is 0 Å². The molecule has 0 aromatic heterocycles. The number of methoxy groups -OCH3 is 1. The van der Waals surface area contributed by atoms with Gasteiger partial charge in [0.15, 0.2) is 0 Å². The van der Waals surface area contributed by atoms with E-state index in [0.717, 1.165) is 41.0 Å². The number of hydrogen-bond acceptors (Lipinski definition) is 5. The highest BCUT2D eigenvalue weighted by molar-refractivity contribution is 6.51. The second kappa shape index (κ2) is 10.5. The van der Waals surface area contributed by atoms with Gasteiger partial charge in [0.05, 0.1) is 18.7 Å². The molecule has 1 fully saturated rings. The number of carbonyl (C=O) groups is 2. The van der Waals surface area contributed by atoms with Crippen LogP contribution in [0.1, 0.15) is 47.7 Å². The Labute approximate surface area is 218 Å². The number of rotatable bonds is 7. The molecule has 0 aliphatic carbocycles. The van der Waals surface area contributed by atoms with Gasteiger partial charge in [-0.1, -0.05) is 24.3 Å². The van der Waals surface area contributed by atoms with Gasteiger partial charge in [-0.15, -0.1) is 0 Å². The van der Waals surface area contributed by atoms with E-state index < -0.39 is 17.7 Å². The number of hydrogen-bond donors (Lipinski definition) is 1. The second-order valence-electron chi connectivity index (χ2n) is 9.34. The molecule has 37 heavy (non-hydrogen) atoms. The van der Waals surface area contributed by atoms with Gasteiger partial charge in [0, 0.05) is 30.0 Å². The second-order valence-corrected chi connectivity index (χ2v) is 9.34. The average molecular weight is 499 g/mol. The molecule has 0 saturated carbocycles. The number of carbonyl (C=O) groups excluding carboxylic acids is 2. The summed E-state index contributed by atoms with van der Waals surface area (Å²) in [7, 11) is 1.58. The SMILES string of the molecule is CCN(CC)c1ccc(C2/C(=C(\O)c3ccc(OC)c(C)c3)C(=O)C(=O)N2c2cccc(C)c2C)cc1. The molecule has 0 bridgehead atoms. The Balaban J connectivity index is 1.94. The third kappa shape index (κ3) is 4.59. The number of ether oxygens (including phenoxy) is 1. The van der Waals surface area contributed by atoms with Crippen LogP contribution in [-0.4, -0.2) is 37.0 Å². The third-order valence-corrected chi connectivity index (χ3v) is 7.29. The van der Waals surface area contributed by atoms with Crippen molar-refractivity contribution >= 4 is 28.8 Å². The molecule has 192 valence electrons. The van der Waals surface area contributed by atoms with Crippen LogP contribution in [0.3, 0.4) is 0 Å². The first-order valence-corrected chi connectivity index (χ1v) is 12.6. The molecule has 1 amide bonds. The van der Waals surface area contributed by atoms with Gasteiger partial charge in [0.25, 0.3) is 11.7 Å². The summed E-state index contributed by atoms with van der Waals surface area (Å²) in [6.07, 6.45) is 0. The highest BCUT2D eigenvalue weighted by Crippen LogP contribution is 2.44. The molecule has 0 spiro atoms. The highest BCUT2D eigenvalue weighted by Gasteiger charge is 2.47. The van der Waals surface area contributed by atoms with Gasteiger partial charge in [-0.05, 0) is 93.3 Å². The van der Waals surface area contributed by atoms with Gasteiger partial charge in [-0.3, -0.25) is 14.5 Å². The van der Waals surface area contributed by atoms with E-state index in [1.165, 1.54) is 4.90 Å². The Bertz CT molecular complexity index is 1370. The Morgan fingerprint density at radius 1 is 0.946 bits per heavy atom. The fraction of sp³-hybridized carbons (Fsp3) is 0.290. The zero-order valence-corrected chi connectivity index (χ0v) is 22.3. The number of aryl methyl sites for hydroxylation is 2. The maximum absolute atomic E-state index is 13.5. The number of benzene rings is 3. The maximum atomic E-state index is 13.5. The molecule has 1 aliphatic heterocycles. The summed E-state index contributed by atoms with van der Waals surface area (Å²) in [5.74, 6) is -0.881. The lowest BCUT2D eigenvalue weighted by Crippen LogP contribution is -2.30. The van der Waals surface area contributed by atoms with Gasteiger partial charge in [-0.25, -0.2) is 0 Å². The molecule has 6 heteroatoms. The van der Waals surface area contributed by atoms with E-state index >= 15 is 0 Å². The van der Waals surface area contributed by atoms with Crippen LogP contribution in [0.5, 0.6) is 5.75 Å². The van der Waals surface area contributed by atoms with Crippen LogP contribution >= 0.6 is 0 Å². The molecule has 4 rings (SSSR count). The first kappa shape index (κ1) is 26.0. The summed E-state index contributed by atoms with van der Waals surface area (Å²) in [5, 5.41) is 11.5.